The predicted molar refractivity (Wildman–Crippen MR) is 98.9 cm³/mol. The lowest BCUT2D eigenvalue weighted by Crippen LogP contribution is -2.16. The lowest BCUT2D eigenvalue weighted by atomic mass is 9.98. The molecule has 0 bridgehead atoms. The minimum absolute atomic E-state index is 0.0379. The summed E-state index contributed by atoms with van der Waals surface area (Å²) in [5, 5.41) is 4.72. The molecule has 4 atom stereocenters. The van der Waals surface area contributed by atoms with Crippen molar-refractivity contribution < 1.29 is 9.53 Å². The van der Waals surface area contributed by atoms with Crippen LogP contribution < -0.4 is 0 Å². The molecule has 4 heteroatoms. The summed E-state index contributed by atoms with van der Waals surface area (Å²) < 4.78 is 7.65. The molecule has 1 aromatic heterocycles. The van der Waals surface area contributed by atoms with Crippen molar-refractivity contribution in [1.82, 2.24) is 9.78 Å². The quantitative estimate of drug-likeness (QED) is 0.770. The number of hydrogen-bond donors (Lipinski definition) is 0. The van der Waals surface area contributed by atoms with E-state index in [1.807, 2.05) is 18.2 Å². The zero-order valence-corrected chi connectivity index (χ0v) is 15.7. The Kier molecular flexibility index (Phi) is 3.37. The van der Waals surface area contributed by atoms with E-state index in [-0.39, 0.29) is 11.9 Å². The zero-order chi connectivity index (χ0) is 18.1. The Morgan fingerprint density at radius 1 is 1.31 bits per heavy atom. The van der Waals surface area contributed by atoms with E-state index < -0.39 is 0 Å². The van der Waals surface area contributed by atoms with Gasteiger partial charge in [0.2, 0.25) is 0 Å². The molecule has 4 unspecified atom stereocenters. The fourth-order valence-electron chi connectivity index (χ4n) is 5.22. The van der Waals surface area contributed by atoms with Crippen molar-refractivity contribution in [3.63, 3.8) is 0 Å². The van der Waals surface area contributed by atoms with Crippen LogP contribution >= 0.6 is 0 Å². The Bertz CT molecular complexity index is 868. The van der Waals surface area contributed by atoms with E-state index in [2.05, 4.69) is 37.6 Å². The van der Waals surface area contributed by atoms with Crippen LogP contribution in [0.3, 0.4) is 0 Å². The Morgan fingerprint density at radius 3 is 2.85 bits per heavy atom. The van der Waals surface area contributed by atoms with Gasteiger partial charge in [-0.15, -0.1) is 0 Å². The van der Waals surface area contributed by atoms with Gasteiger partial charge in [-0.05, 0) is 48.5 Å². The van der Waals surface area contributed by atoms with Gasteiger partial charge in [-0.1, -0.05) is 44.2 Å². The Morgan fingerprint density at radius 2 is 2.08 bits per heavy atom. The number of aryl methyl sites for hydroxylation is 1. The van der Waals surface area contributed by atoms with Crippen molar-refractivity contribution in [1.29, 1.82) is 0 Å². The monoisotopic (exact) mass is 350 g/mol. The highest BCUT2D eigenvalue weighted by Crippen LogP contribution is 2.70. The van der Waals surface area contributed by atoms with Crippen LogP contribution in [0.1, 0.15) is 54.6 Å². The zero-order valence-electron chi connectivity index (χ0n) is 15.7. The fourth-order valence-corrected chi connectivity index (χ4v) is 5.22. The van der Waals surface area contributed by atoms with Crippen LogP contribution in [0.4, 0.5) is 0 Å². The van der Waals surface area contributed by atoms with Gasteiger partial charge in [0.15, 0.2) is 0 Å². The number of aromatic nitrogens is 2. The van der Waals surface area contributed by atoms with Gasteiger partial charge in [-0.2, -0.15) is 5.10 Å². The molecule has 0 N–H and O–H groups in total. The Hall–Kier alpha value is -2.10. The first kappa shape index (κ1) is 16.1. The van der Waals surface area contributed by atoms with Crippen molar-refractivity contribution in [3.8, 4) is 0 Å². The minimum Gasteiger partial charge on any atom is -0.463 e. The average molecular weight is 350 g/mol. The van der Waals surface area contributed by atoms with Crippen LogP contribution in [0.5, 0.6) is 0 Å². The molecule has 136 valence electrons. The van der Waals surface area contributed by atoms with Gasteiger partial charge in [0.1, 0.15) is 6.61 Å². The van der Waals surface area contributed by atoms with Crippen LogP contribution in [0.2, 0.25) is 0 Å². The number of rotatable bonds is 5. The van der Waals surface area contributed by atoms with Gasteiger partial charge in [0, 0.05) is 11.3 Å². The van der Waals surface area contributed by atoms with Gasteiger partial charge in [0.05, 0.1) is 18.2 Å². The van der Waals surface area contributed by atoms with Gasteiger partial charge < -0.3 is 4.74 Å². The summed E-state index contributed by atoms with van der Waals surface area (Å²) in [4.78, 5) is 12.3. The Labute approximate surface area is 154 Å². The summed E-state index contributed by atoms with van der Waals surface area (Å²) in [6, 6.07) is 10.3. The third kappa shape index (κ3) is 2.34. The standard InChI is InChI=1S/C22H26N2O2/c1-13-19-18(12-17-20(19)22(17,2)3)24(23-13)9-10-26-21(25)16-11-15(16)14-7-5-4-6-8-14/h4-8,15-17,20H,9-12H2,1-3H3. The third-order valence-electron chi connectivity index (χ3n) is 6.93. The number of ether oxygens (including phenoxy) is 1. The predicted octanol–water partition coefficient (Wildman–Crippen LogP) is 3.83. The molecule has 0 amide bonds. The number of carbonyl (C=O) groups excluding carboxylic acids is 1. The van der Waals surface area contributed by atoms with Crippen LogP contribution in [0.25, 0.3) is 0 Å². The first-order chi connectivity index (χ1) is 12.5. The number of fused-ring (bicyclic) bond motifs is 3. The lowest BCUT2D eigenvalue weighted by Gasteiger charge is -2.11. The lowest BCUT2D eigenvalue weighted by molar-refractivity contribution is -0.145. The van der Waals surface area contributed by atoms with Crippen molar-refractivity contribution >= 4 is 5.97 Å². The molecule has 0 radical (unpaired) electrons. The molecule has 2 saturated carbocycles. The maximum Gasteiger partial charge on any atom is 0.309 e. The largest absolute Gasteiger partial charge is 0.463 e. The molecule has 1 aromatic carbocycles. The van der Waals surface area contributed by atoms with E-state index in [0.29, 0.717) is 30.4 Å². The molecule has 0 aliphatic heterocycles. The summed E-state index contributed by atoms with van der Waals surface area (Å²) in [5.74, 6) is 1.79. The van der Waals surface area contributed by atoms with E-state index in [1.54, 1.807) is 0 Å². The molecule has 0 saturated heterocycles. The van der Waals surface area contributed by atoms with Gasteiger partial charge in [-0.25, -0.2) is 0 Å². The maximum atomic E-state index is 12.3. The number of hydrogen-bond acceptors (Lipinski definition) is 3. The number of esters is 1. The molecule has 5 rings (SSSR count). The molecular formula is C22H26N2O2. The number of carbonyl (C=O) groups is 1. The van der Waals surface area contributed by atoms with Crippen LogP contribution in [-0.2, 0) is 22.5 Å². The van der Waals surface area contributed by atoms with E-state index in [9.17, 15) is 4.79 Å². The minimum atomic E-state index is -0.0524. The van der Waals surface area contributed by atoms with Gasteiger partial charge in [0.25, 0.3) is 0 Å². The van der Waals surface area contributed by atoms with Crippen LogP contribution in [0, 0.1) is 24.2 Å². The van der Waals surface area contributed by atoms with Crippen molar-refractivity contribution in [3.05, 3.63) is 52.8 Å². The molecule has 1 heterocycles. The fraction of sp³-hybridized carbons (Fsp3) is 0.545. The highest BCUT2D eigenvalue weighted by Gasteiger charge is 2.63. The second-order valence-corrected chi connectivity index (χ2v) is 8.81. The second-order valence-electron chi connectivity index (χ2n) is 8.81. The van der Waals surface area contributed by atoms with Crippen LogP contribution in [-0.4, -0.2) is 22.4 Å². The number of benzene rings is 1. The second kappa shape index (κ2) is 5.45. The highest BCUT2D eigenvalue weighted by atomic mass is 16.5. The molecule has 3 aliphatic carbocycles. The smallest absolute Gasteiger partial charge is 0.309 e. The maximum absolute atomic E-state index is 12.3. The molecule has 2 fully saturated rings. The van der Waals surface area contributed by atoms with E-state index >= 15 is 0 Å². The van der Waals surface area contributed by atoms with E-state index in [0.717, 1.165) is 24.5 Å². The summed E-state index contributed by atoms with van der Waals surface area (Å²) in [5.41, 5.74) is 5.70. The highest BCUT2D eigenvalue weighted by molar-refractivity contribution is 5.77. The van der Waals surface area contributed by atoms with Crippen molar-refractivity contribution in [2.24, 2.45) is 17.3 Å². The molecule has 26 heavy (non-hydrogen) atoms. The van der Waals surface area contributed by atoms with Gasteiger partial charge in [-0.3, -0.25) is 9.48 Å². The van der Waals surface area contributed by atoms with E-state index in [1.165, 1.54) is 16.8 Å². The summed E-state index contributed by atoms with van der Waals surface area (Å²) in [7, 11) is 0. The van der Waals surface area contributed by atoms with E-state index in [4.69, 9.17) is 9.84 Å². The first-order valence-corrected chi connectivity index (χ1v) is 9.76. The van der Waals surface area contributed by atoms with Crippen molar-refractivity contribution in [2.75, 3.05) is 6.61 Å². The normalized spacial score (nSPS) is 29.8. The first-order valence-electron chi connectivity index (χ1n) is 9.76. The molecule has 3 aliphatic rings. The van der Waals surface area contributed by atoms with Crippen molar-refractivity contribution in [2.45, 2.75) is 52.0 Å². The SMILES string of the molecule is Cc1nn(CCOC(=O)C2CC2c2ccccc2)c2c1C1C(C2)C1(C)C. The molecular weight excluding hydrogens is 324 g/mol. The third-order valence-corrected chi connectivity index (χ3v) is 6.93. The Balaban J connectivity index is 1.17. The summed E-state index contributed by atoms with van der Waals surface area (Å²) in [6.45, 7) is 7.94. The molecule has 2 aromatic rings. The number of nitrogens with zero attached hydrogens (tertiary/aromatic N) is 2. The average Bonchev–Trinajstić information content (AvgIpc) is 3.41. The molecule has 4 nitrogen and oxygen atoms in total. The van der Waals surface area contributed by atoms with Gasteiger partial charge >= 0.3 is 5.97 Å². The summed E-state index contributed by atoms with van der Waals surface area (Å²) in [6.07, 6.45) is 2.04. The van der Waals surface area contributed by atoms with Crippen LogP contribution in [0.15, 0.2) is 30.3 Å². The molecule has 0 spiro atoms. The summed E-state index contributed by atoms with van der Waals surface area (Å²) >= 11 is 0. The topological polar surface area (TPSA) is 44.1 Å².